The number of ether oxygens (including phenoxy) is 1. The number of nitrogens with one attached hydrogen (secondary N) is 2. The first kappa shape index (κ1) is 11.1. The predicted molar refractivity (Wildman–Crippen MR) is 64.4 cm³/mol. The van der Waals surface area contributed by atoms with E-state index >= 15 is 0 Å². The van der Waals surface area contributed by atoms with Gasteiger partial charge < -0.3 is 10.1 Å². The van der Waals surface area contributed by atoms with Crippen LogP contribution in [0, 0.1) is 0 Å². The molecule has 5 heteroatoms. The van der Waals surface area contributed by atoms with Crippen molar-refractivity contribution in [2.45, 2.75) is 24.8 Å². The first-order valence-corrected chi connectivity index (χ1v) is 5.93. The van der Waals surface area contributed by atoms with Gasteiger partial charge in [-0.3, -0.25) is 10.1 Å². The van der Waals surface area contributed by atoms with E-state index in [1.54, 1.807) is 7.11 Å². The standard InChI is InChI=1S/C13H14N2O3/c1-18-10-4-2-3-8-7-13(6-5-9(8)10)11(16)14-12(17)15-13/h2-4H,5-7H2,1H3,(H2,14,15,16,17)/t13-/m0/s1. The highest BCUT2D eigenvalue weighted by Gasteiger charge is 2.48. The number of hydrogen-bond donors (Lipinski definition) is 2. The lowest BCUT2D eigenvalue weighted by molar-refractivity contribution is -0.124. The summed E-state index contributed by atoms with van der Waals surface area (Å²) in [6.45, 7) is 0. The van der Waals surface area contributed by atoms with E-state index in [1.165, 1.54) is 0 Å². The van der Waals surface area contributed by atoms with Crippen LogP contribution in [0.2, 0.25) is 0 Å². The molecule has 0 radical (unpaired) electrons. The molecule has 94 valence electrons. The number of amides is 3. The van der Waals surface area contributed by atoms with E-state index < -0.39 is 11.6 Å². The largest absolute Gasteiger partial charge is 0.496 e. The molecule has 18 heavy (non-hydrogen) atoms. The summed E-state index contributed by atoms with van der Waals surface area (Å²) in [5, 5.41) is 5.07. The summed E-state index contributed by atoms with van der Waals surface area (Å²) >= 11 is 0. The minimum atomic E-state index is -0.767. The van der Waals surface area contributed by atoms with Gasteiger partial charge in [0.1, 0.15) is 11.3 Å². The Morgan fingerprint density at radius 1 is 1.33 bits per heavy atom. The van der Waals surface area contributed by atoms with E-state index in [1.807, 2.05) is 18.2 Å². The maximum Gasteiger partial charge on any atom is 0.322 e. The summed E-state index contributed by atoms with van der Waals surface area (Å²) in [5.41, 5.74) is 1.44. The molecule has 0 unspecified atom stereocenters. The van der Waals surface area contributed by atoms with Crippen LogP contribution in [-0.2, 0) is 17.6 Å². The number of methoxy groups -OCH3 is 1. The van der Waals surface area contributed by atoms with Crippen molar-refractivity contribution in [2.24, 2.45) is 0 Å². The fraction of sp³-hybridized carbons (Fsp3) is 0.385. The van der Waals surface area contributed by atoms with Crippen LogP contribution in [0.25, 0.3) is 0 Å². The van der Waals surface area contributed by atoms with Crippen molar-refractivity contribution < 1.29 is 14.3 Å². The zero-order chi connectivity index (χ0) is 12.8. The fourth-order valence-corrected chi connectivity index (χ4v) is 2.83. The van der Waals surface area contributed by atoms with Gasteiger partial charge in [0.25, 0.3) is 5.91 Å². The smallest absolute Gasteiger partial charge is 0.322 e. The maximum atomic E-state index is 11.9. The summed E-state index contributed by atoms with van der Waals surface area (Å²) in [6, 6.07) is 5.41. The molecule has 0 bridgehead atoms. The lowest BCUT2D eigenvalue weighted by Crippen LogP contribution is -2.51. The van der Waals surface area contributed by atoms with E-state index in [4.69, 9.17) is 4.74 Å². The van der Waals surface area contributed by atoms with Gasteiger partial charge in [-0.25, -0.2) is 4.79 Å². The third kappa shape index (κ3) is 1.47. The Morgan fingerprint density at radius 3 is 2.83 bits per heavy atom. The average molecular weight is 246 g/mol. The molecular formula is C13H14N2O3. The number of hydrogen-bond acceptors (Lipinski definition) is 3. The molecule has 1 spiro atoms. The third-order valence-corrected chi connectivity index (χ3v) is 3.76. The molecule has 1 heterocycles. The van der Waals surface area contributed by atoms with E-state index in [0.29, 0.717) is 12.8 Å². The van der Waals surface area contributed by atoms with Crippen molar-refractivity contribution in [2.75, 3.05) is 7.11 Å². The Labute approximate surface area is 105 Å². The average Bonchev–Trinajstić information content (AvgIpc) is 2.62. The van der Waals surface area contributed by atoms with Gasteiger partial charge in [0, 0.05) is 6.42 Å². The fourth-order valence-electron chi connectivity index (χ4n) is 2.83. The molecule has 5 nitrogen and oxygen atoms in total. The first-order chi connectivity index (χ1) is 8.64. The first-order valence-electron chi connectivity index (χ1n) is 5.93. The highest BCUT2D eigenvalue weighted by molar-refractivity contribution is 6.07. The molecule has 1 saturated heterocycles. The van der Waals surface area contributed by atoms with Crippen LogP contribution < -0.4 is 15.4 Å². The summed E-state index contributed by atoms with van der Waals surface area (Å²) < 4.78 is 5.32. The molecule has 1 aromatic rings. The number of carbonyl (C=O) groups is 2. The topological polar surface area (TPSA) is 67.4 Å². The molecule has 0 aromatic heterocycles. The summed E-state index contributed by atoms with van der Waals surface area (Å²) in [7, 11) is 1.64. The Bertz CT molecular complexity index is 541. The van der Waals surface area contributed by atoms with Crippen molar-refractivity contribution in [3.05, 3.63) is 29.3 Å². The van der Waals surface area contributed by atoms with E-state index in [0.717, 1.165) is 23.3 Å². The molecule has 0 saturated carbocycles. The maximum absolute atomic E-state index is 11.9. The number of carbonyl (C=O) groups excluding carboxylic acids is 2. The number of urea groups is 1. The quantitative estimate of drug-likeness (QED) is 0.719. The van der Waals surface area contributed by atoms with Crippen LogP contribution in [0.3, 0.4) is 0 Å². The van der Waals surface area contributed by atoms with Crippen molar-refractivity contribution in [3.63, 3.8) is 0 Å². The predicted octanol–water partition coefficient (Wildman–Crippen LogP) is 0.762. The molecule has 2 aliphatic rings. The van der Waals surface area contributed by atoms with Crippen LogP contribution in [-0.4, -0.2) is 24.6 Å². The monoisotopic (exact) mass is 246 g/mol. The molecule has 1 aliphatic heterocycles. The van der Waals surface area contributed by atoms with Crippen LogP contribution in [0.1, 0.15) is 17.5 Å². The number of rotatable bonds is 1. The molecule has 1 fully saturated rings. The van der Waals surface area contributed by atoms with Crippen LogP contribution in [0.5, 0.6) is 5.75 Å². The Balaban J connectivity index is 1.99. The highest BCUT2D eigenvalue weighted by atomic mass is 16.5. The van der Waals surface area contributed by atoms with Gasteiger partial charge in [-0.15, -0.1) is 0 Å². The Hall–Kier alpha value is -2.04. The van der Waals surface area contributed by atoms with Gasteiger partial charge in [0.15, 0.2) is 0 Å². The second kappa shape index (κ2) is 3.73. The van der Waals surface area contributed by atoms with Crippen molar-refractivity contribution in [1.29, 1.82) is 0 Å². The zero-order valence-corrected chi connectivity index (χ0v) is 10.1. The molecule has 1 aliphatic carbocycles. The van der Waals surface area contributed by atoms with Crippen molar-refractivity contribution in [1.82, 2.24) is 10.6 Å². The van der Waals surface area contributed by atoms with Gasteiger partial charge in [0.2, 0.25) is 0 Å². The minimum absolute atomic E-state index is 0.221. The van der Waals surface area contributed by atoms with Crippen LogP contribution in [0.4, 0.5) is 4.79 Å². The summed E-state index contributed by atoms with van der Waals surface area (Å²) in [5.74, 6) is 0.632. The highest BCUT2D eigenvalue weighted by Crippen LogP contribution is 2.35. The molecule has 3 rings (SSSR count). The molecular weight excluding hydrogens is 232 g/mol. The van der Waals surface area contributed by atoms with Crippen LogP contribution >= 0.6 is 0 Å². The number of benzene rings is 1. The Morgan fingerprint density at radius 2 is 2.17 bits per heavy atom. The molecule has 1 atom stereocenters. The number of fused-ring (bicyclic) bond motifs is 1. The van der Waals surface area contributed by atoms with Gasteiger partial charge in [-0.05, 0) is 30.0 Å². The van der Waals surface area contributed by atoms with E-state index in [9.17, 15) is 9.59 Å². The van der Waals surface area contributed by atoms with Gasteiger partial charge in [0.05, 0.1) is 7.11 Å². The van der Waals surface area contributed by atoms with Gasteiger partial charge in [-0.2, -0.15) is 0 Å². The SMILES string of the molecule is COc1cccc2c1CC[C@@]1(C2)NC(=O)NC1=O. The minimum Gasteiger partial charge on any atom is -0.496 e. The van der Waals surface area contributed by atoms with Crippen molar-refractivity contribution >= 4 is 11.9 Å². The molecule has 3 amide bonds. The van der Waals surface area contributed by atoms with Crippen LogP contribution in [0.15, 0.2) is 18.2 Å². The lowest BCUT2D eigenvalue weighted by Gasteiger charge is -2.32. The van der Waals surface area contributed by atoms with Gasteiger partial charge in [-0.1, -0.05) is 12.1 Å². The normalized spacial score (nSPS) is 25.6. The zero-order valence-electron chi connectivity index (χ0n) is 10.1. The van der Waals surface area contributed by atoms with Crippen molar-refractivity contribution in [3.8, 4) is 5.75 Å². The molecule has 1 aromatic carbocycles. The summed E-state index contributed by atoms with van der Waals surface area (Å²) in [4.78, 5) is 23.2. The second-order valence-electron chi connectivity index (χ2n) is 4.77. The third-order valence-electron chi connectivity index (χ3n) is 3.76. The second-order valence-corrected chi connectivity index (χ2v) is 4.77. The molecule has 2 N–H and O–H groups in total. The number of imide groups is 1. The Kier molecular flexibility index (Phi) is 2.29. The van der Waals surface area contributed by atoms with E-state index in [2.05, 4.69) is 10.6 Å². The summed E-state index contributed by atoms with van der Waals surface area (Å²) in [6.07, 6.45) is 1.86. The lowest BCUT2D eigenvalue weighted by atomic mass is 9.77. The van der Waals surface area contributed by atoms with E-state index in [-0.39, 0.29) is 5.91 Å². The van der Waals surface area contributed by atoms with Gasteiger partial charge >= 0.3 is 6.03 Å².